The molecule has 1 fully saturated rings. The second-order valence-corrected chi connectivity index (χ2v) is 6.03. The first-order valence-corrected chi connectivity index (χ1v) is 8.38. The van der Waals surface area contributed by atoms with Crippen LogP contribution in [0.25, 0.3) is 0 Å². The van der Waals surface area contributed by atoms with Gasteiger partial charge in [0.2, 0.25) is 0 Å². The van der Waals surface area contributed by atoms with Crippen molar-refractivity contribution in [3.8, 4) is 5.75 Å². The van der Waals surface area contributed by atoms with Gasteiger partial charge in [-0.05, 0) is 37.3 Å². The van der Waals surface area contributed by atoms with Gasteiger partial charge in [0.25, 0.3) is 0 Å². The van der Waals surface area contributed by atoms with Gasteiger partial charge in [-0.3, -0.25) is 4.99 Å². The Kier molecular flexibility index (Phi) is 10.1. The van der Waals surface area contributed by atoms with Gasteiger partial charge in [-0.15, -0.1) is 24.0 Å². The van der Waals surface area contributed by atoms with Crippen molar-refractivity contribution in [3.05, 3.63) is 29.8 Å². The summed E-state index contributed by atoms with van der Waals surface area (Å²) in [5.74, 6) is 2.62. The van der Waals surface area contributed by atoms with Gasteiger partial charge in [0.1, 0.15) is 12.4 Å². The van der Waals surface area contributed by atoms with Gasteiger partial charge in [-0.1, -0.05) is 18.2 Å². The van der Waals surface area contributed by atoms with Crippen LogP contribution in [-0.4, -0.2) is 57.9 Å². The van der Waals surface area contributed by atoms with Crippen molar-refractivity contribution in [2.45, 2.75) is 19.8 Å². The number of guanidine groups is 1. The number of ether oxygens (including phenoxy) is 2. The predicted molar refractivity (Wildman–Crippen MR) is 110 cm³/mol. The van der Waals surface area contributed by atoms with Crippen LogP contribution in [0.5, 0.6) is 5.75 Å². The molecule has 0 bridgehead atoms. The lowest BCUT2D eigenvalue weighted by Gasteiger charge is -2.22. The lowest BCUT2D eigenvalue weighted by molar-refractivity contribution is 0.115. The molecule has 1 aliphatic carbocycles. The minimum atomic E-state index is 0. The largest absolute Gasteiger partial charge is 0.491 e. The maximum Gasteiger partial charge on any atom is 0.193 e. The Bertz CT molecular complexity index is 507. The summed E-state index contributed by atoms with van der Waals surface area (Å²) in [6.45, 7) is 5.86. The van der Waals surface area contributed by atoms with Gasteiger partial charge < -0.3 is 19.7 Å². The van der Waals surface area contributed by atoms with Gasteiger partial charge in [0.15, 0.2) is 5.96 Å². The Balaban J connectivity index is 0.00000288. The lowest BCUT2D eigenvalue weighted by atomic mass is 10.2. The van der Waals surface area contributed by atoms with Crippen LogP contribution in [-0.2, 0) is 4.74 Å². The number of rotatable bonds is 9. The molecular weight excluding hydrogens is 417 g/mol. The van der Waals surface area contributed by atoms with Crippen molar-refractivity contribution in [1.29, 1.82) is 0 Å². The number of aryl methyl sites for hydroxylation is 1. The monoisotopic (exact) mass is 447 g/mol. The molecule has 0 atom stereocenters. The normalized spacial score (nSPS) is 14.0. The fourth-order valence-corrected chi connectivity index (χ4v) is 2.27. The number of hydrogen-bond acceptors (Lipinski definition) is 3. The van der Waals surface area contributed by atoms with Gasteiger partial charge in [0.05, 0.1) is 13.2 Å². The van der Waals surface area contributed by atoms with E-state index in [1.54, 1.807) is 7.05 Å². The lowest BCUT2D eigenvalue weighted by Crippen LogP contribution is -2.42. The third kappa shape index (κ3) is 7.70. The zero-order valence-electron chi connectivity index (χ0n) is 15.0. The molecule has 1 aromatic rings. The summed E-state index contributed by atoms with van der Waals surface area (Å²) in [6.07, 6.45) is 2.67. The molecule has 24 heavy (non-hydrogen) atoms. The highest BCUT2D eigenvalue weighted by atomic mass is 127. The van der Waals surface area contributed by atoms with Crippen LogP contribution in [0.4, 0.5) is 0 Å². The van der Waals surface area contributed by atoms with Crippen LogP contribution in [0.3, 0.4) is 0 Å². The Hall–Kier alpha value is -1.02. The van der Waals surface area contributed by atoms with Crippen LogP contribution < -0.4 is 10.1 Å². The smallest absolute Gasteiger partial charge is 0.193 e. The van der Waals surface area contributed by atoms with Crippen molar-refractivity contribution < 1.29 is 9.47 Å². The Morgan fingerprint density at radius 2 is 2.04 bits per heavy atom. The molecule has 0 radical (unpaired) electrons. The number of hydrogen-bond donors (Lipinski definition) is 1. The van der Waals surface area contributed by atoms with Crippen molar-refractivity contribution in [1.82, 2.24) is 10.2 Å². The molecular formula is C18H30IN3O2. The van der Waals surface area contributed by atoms with Crippen LogP contribution in [0, 0.1) is 12.8 Å². The van der Waals surface area contributed by atoms with Crippen LogP contribution >= 0.6 is 24.0 Å². The Morgan fingerprint density at radius 3 is 2.71 bits per heavy atom. The molecule has 0 heterocycles. The van der Waals surface area contributed by atoms with E-state index in [2.05, 4.69) is 28.2 Å². The summed E-state index contributed by atoms with van der Waals surface area (Å²) in [5.41, 5.74) is 1.15. The number of likely N-dealkylation sites (N-methyl/N-ethyl adjacent to an activating group) is 1. The van der Waals surface area contributed by atoms with Gasteiger partial charge in [-0.2, -0.15) is 0 Å². The number of aliphatic imine (C=N–C) groups is 1. The van der Waals surface area contributed by atoms with E-state index < -0.39 is 0 Å². The molecule has 1 saturated carbocycles. The minimum absolute atomic E-state index is 0. The molecule has 0 amide bonds. The fraction of sp³-hybridized carbons (Fsp3) is 0.611. The third-order valence-electron chi connectivity index (χ3n) is 3.93. The molecule has 0 aromatic heterocycles. The Morgan fingerprint density at radius 1 is 1.29 bits per heavy atom. The maximum absolute atomic E-state index is 5.78. The van der Waals surface area contributed by atoms with Gasteiger partial charge in [0, 0.05) is 27.2 Å². The van der Waals surface area contributed by atoms with Gasteiger partial charge in [-0.25, -0.2) is 0 Å². The SMILES string of the molecule is CN=C(NCCOc1ccccc1C)N(C)CCOCC1CC1.I. The average Bonchev–Trinajstić information content (AvgIpc) is 3.37. The van der Waals surface area contributed by atoms with Crippen molar-refractivity contribution in [2.24, 2.45) is 10.9 Å². The number of halogens is 1. The van der Waals surface area contributed by atoms with E-state index in [1.807, 2.05) is 25.2 Å². The first-order chi connectivity index (χ1) is 11.2. The predicted octanol–water partition coefficient (Wildman–Crippen LogP) is 2.93. The van der Waals surface area contributed by atoms with E-state index in [9.17, 15) is 0 Å². The third-order valence-corrected chi connectivity index (χ3v) is 3.93. The molecule has 0 aliphatic heterocycles. The second kappa shape index (κ2) is 11.5. The molecule has 2 rings (SSSR count). The molecule has 1 aliphatic rings. The summed E-state index contributed by atoms with van der Waals surface area (Å²) in [7, 11) is 3.82. The van der Waals surface area contributed by atoms with Crippen LogP contribution in [0.2, 0.25) is 0 Å². The van der Waals surface area contributed by atoms with E-state index in [0.29, 0.717) is 13.2 Å². The highest BCUT2D eigenvalue weighted by molar-refractivity contribution is 14.0. The van der Waals surface area contributed by atoms with Crippen LogP contribution in [0.1, 0.15) is 18.4 Å². The van der Waals surface area contributed by atoms with E-state index >= 15 is 0 Å². The van der Waals surface area contributed by atoms with E-state index in [4.69, 9.17) is 9.47 Å². The first kappa shape index (κ1) is 21.0. The number of nitrogens with one attached hydrogen (secondary N) is 1. The number of benzene rings is 1. The van der Waals surface area contributed by atoms with Crippen molar-refractivity contribution in [2.75, 3.05) is 47.0 Å². The Labute approximate surface area is 162 Å². The highest BCUT2D eigenvalue weighted by Gasteiger charge is 2.21. The highest BCUT2D eigenvalue weighted by Crippen LogP contribution is 2.28. The number of para-hydroxylation sites is 1. The summed E-state index contributed by atoms with van der Waals surface area (Å²) >= 11 is 0. The summed E-state index contributed by atoms with van der Waals surface area (Å²) in [6, 6.07) is 8.05. The second-order valence-electron chi connectivity index (χ2n) is 6.03. The molecule has 1 aromatic carbocycles. The van der Waals surface area contributed by atoms with Crippen LogP contribution in [0.15, 0.2) is 29.3 Å². The standard InChI is InChI=1S/C18H29N3O2.HI/c1-15-6-4-5-7-17(15)23-12-10-20-18(19-2)21(3)11-13-22-14-16-8-9-16;/h4-7,16H,8-14H2,1-3H3,(H,19,20);1H. The number of nitrogens with zero attached hydrogens (tertiary/aromatic N) is 2. The zero-order valence-corrected chi connectivity index (χ0v) is 17.3. The minimum Gasteiger partial charge on any atom is -0.491 e. The van der Waals surface area contributed by atoms with E-state index in [-0.39, 0.29) is 24.0 Å². The van der Waals surface area contributed by atoms with Crippen molar-refractivity contribution >= 4 is 29.9 Å². The maximum atomic E-state index is 5.78. The molecule has 0 saturated heterocycles. The average molecular weight is 447 g/mol. The van der Waals surface area contributed by atoms with E-state index in [0.717, 1.165) is 42.9 Å². The molecule has 0 spiro atoms. The summed E-state index contributed by atoms with van der Waals surface area (Å²) in [5, 5.41) is 3.32. The van der Waals surface area contributed by atoms with Crippen molar-refractivity contribution in [3.63, 3.8) is 0 Å². The quantitative estimate of drug-likeness (QED) is 0.274. The van der Waals surface area contributed by atoms with Gasteiger partial charge >= 0.3 is 0 Å². The molecule has 6 heteroatoms. The molecule has 0 unspecified atom stereocenters. The topological polar surface area (TPSA) is 46.1 Å². The molecule has 5 nitrogen and oxygen atoms in total. The first-order valence-electron chi connectivity index (χ1n) is 8.38. The fourth-order valence-electron chi connectivity index (χ4n) is 2.27. The summed E-state index contributed by atoms with van der Waals surface area (Å²) < 4.78 is 11.5. The molecule has 136 valence electrons. The zero-order chi connectivity index (χ0) is 16.5. The molecule has 1 N–H and O–H groups in total. The van der Waals surface area contributed by atoms with E-state index in [1.165, 1.54) is 12.8 Å². The summed E-state index contributed by atoms with van der Waals surface area (Å²) in [4.78, 5) is 6.38.